The molecule has 2 aromatic rings. The lowest BCUT2D eigenvalue weighted by molar-refractivity contribution is -0.117. The van der Waals surface area contributed by atoms with Crippen molar-refractivity contribution in [2.45, 2.75) is 12.8 Å². The molecule has 1 aromatic heterocycles. The van der Waals surface area contributed by atoms with Crippen molar-refractivity contribution in [3.8, 4) is 0 Å². The predicted molar refractivity (Wildman–Crippen MR) is 75.4 cm³/mol. The first kappa shape index (κ1) is 12.8. The second-order valence-corrected chi connectivity index (χ2v) is 4.78. The fourth-order valence-electron chi connectivity index (χ4n) is 1.61. The molecule has 1 atom stereocenters. The van der Waals surface area contributed by atoms with Crippen LogP contribution in [0.15, 0.2) is 53.1 Å². The third-order valence-electron chi connectivity index (χ3n) is 2.66. The molecule has 0 radical (unpaired) electrons. The number of amides is 1. The molecule has 0 aliphatic heterocycles. The average Bonchev–Trinajstić information content (AvgIpc) is 2.39. The molecule has 0 saturated carbocycles. The molecule has 2 rings (SSSR count). The third kappa shape index (κ3) is 3.17. The monoisotopic (exact) mass is 304 g/mol. The predicted octanol–water partition coefficient (Wildman–Crippen LogP) is 3.59. The van der Waals surface area contributed by atoms with Crippen molar-refractivity contribution in [3.63, 3.8) is 0 Å². The Morgan fingerprint density at radius 3 is 2.56 bits per heavy atom. The standard InChI is InChI=1S/C14H13BrN2O/c1-10(11-6-3-2-4-7-11)14(18)17-13-9-5-8-12(15)16-13/h2-10H,1H3,(H,16,17,18). The van der Waals surface area contributed by atoms with Crippen LogP contribution in [0.4, 0.5) is 5.82 Å². The molecule has 1 amide bonds. The second-order valence-electron chi connectivity index (χ2n) is 3.97. The molecule has 0 aliphatic carbocycles. The van der Waals surface area contributed by atoms with E-state index in [4.69, 9.17) is 0 Å². The number of carbonyl (C=O) groups excluding carboxylic acids is 1. The van der Waals surface area contributed by atoms with E-state index < -0.39 is 0 Å². The summed E-state index contributed by atoms with van der Waals surface area (Å²) < 4.78 is 0.702. The molecule has 1 unspecified atom stereocenters. The first-order valence-corrected chi connectivity index (χ1v) is 6.44. The van der Waals surface area contributed by atoms with Gasteiger partial charge in [0.15, 0.2) is 0 Å². The van der Waals surface area contributed by atoms with Gasteiger partial charge in [-0.05, 0) is 40.5 Å². The summed E-state index contributed by atoms with van der Waals surface area (Å²) in [4.78, 5) is 16.2. The number of rotatable bonds is 3. The van der Waals surface area contributed by atoms with Gasteiger partial charge in [-0.3, -0.25) is 4.79 Å². The zero-order valence-electron chi connectivity index (χ0n) is 9.93. The molecule has 18 heavy (non-hydrogen) atoms. The fraction of sp³-hybridized carbons (Fsp3) is 0.143. The Bertz CT molecular complexity index is 543. The molecule has 0 aliphatic rings. The van der Waals surface area contributed by atoms with Crippen LogP contribution in [0.3, 0.4) is 0 Å². The van der Waals surface area contributed by atoms with E-state index in [1.54, 1.807) is 6.07 Å². The van der Waals surface area contributed by atoms with Crippen LogP contribution in [0.1, 0.15) is 18.4 Å². The van der Waals surface area contributed by atoms with Gasteiger partial charge >= 0.3 is 0 Å². The Morgan fingerprint density at radius 1 is 1.17 bits per heavy atom. The first-order chi connectivity index (χ1) is 8.66. The van der Waals surface area contributed by atoms with E-state index in [0.717, 1.165) is 5.56 Å². The third-order valence-corrected chi connectivity index (χ3v) is 3.10. The number of aromatic nitrogens is 1. The van der Waals surface area contributed by atoms with Crippen molar-refractivity contribution < 1.29 is 4.79 Å². The maximum atomic E-state index is 12.1. The molecule has 92 valence electrons. The van der Waals surface area contributed by atoms with Crippen LogP contribution < -0.4 is 5.32 Å². The van der Waals surface area contributed by atoms with Gasteiger partial charge in [0, 0.05) is 0 Å². The lowest BCUT2D eigenvalue weighted by atomic mass is 10.0. The van der Waals surface area contributed by atoms with E-state index in [9.17, 15) is 4.79 Å². The first-order valence-electron chi connectivity index (χ1n) is 5.65. The number of nitrogens with one attached hydrogen (secondary N) is 1. The smallest absolute Gasteiger partial charge is 0.232 e. The summed E-state index contributed by atoms with van der Waals surface area (Å²) in [5, 5.41) is 2.80. The normalized spacial score (nSPS) is 11.9. The summed E-state index contributed by atoms with van der Waals surface area (Å²) in [6, 6.07) is 15.1. The van der Waals surface area contributed by atoms with E-state index >= 15 is 0 Å². The number of halogens is 1. The number of anilines is 1. The quantitative estimate of drug-likeness (QED) is 0.881. The summed E-state index contributed by atoms with van der Waals surface area (Å²) >= 11 is 3.27. The molecule has 1 aromatic carbocycles. The van der Waals surface area contributed by atoms with Crippen LogP contribution in [0.2, 0.25) is 0 Å². The highest BCUT2D eigenvalue weighted by atomic mass is 79.9. The average molecular weight is 305 g/mol. The number of pyridine rings is 1. The van der Waals surface area contributed by atoms with Gasteiger partial charge in [-0.1, -0.05) is 36.4 Å². The number of benzene rings is 1. The van der Waals surface area contributed by atoms with Gasteiger partial charge in [0.25, 0.3) is 0 Å². The van der Waals surface area contributed by atoms with Crippen molar-refractivity contribution in [2.24, 2.45) is 0 Å². The highest BCUT2D eigenvalue weighted by Crippen LogP contribution is 2.17. The van der Waals surface area contributed by atoms with Gasteiger partial charge in [0.1, 0.15) is 10.4 Å². The van der Waals surface area contributed by atoms with E-state index in [1.165, 1.54) is 0 Å². The van der Waals surface area contributed by atoms with Crippen LogP contribution in [0.5, 0.6) is 0 Å². The molecule has 0 fully saturated rings. The van der Waals surface area contributed by atoms with Gasteiger partial charge in [-0.2, -0.15) is 0 Å². The van der Waals surface area contributed by atoms with Gasteiger partial charge < -0.3 is 5.32 Å². The lowest BCUT2D eigenvalue weighted by Gasteiger charge is -2.12. The fourth-order valence-corrected chi connectivity index (χ4v) is 1.95. The summed E-state index contributed by atoms with van der Waals surface area (Å²) in [6.07, 6.45) is 0. The van der Waals surface area contributed by atoms with Gasteiger partial charge in [-0.15, -0.1) is 0 Å². The van der Waals surface area contributed by atoms with E-state index in [-0.39, 0.29) is 11.8 Å². The van der Waals surface area contributed by atoms with E-state index in [2.05, 4.69) is 26.2 Å². The van der Waals surface area contributed by atoms with Crippen LogP contribution in [0.25, 0.3) is 0 Å². The number of carbonyl (C=O) groups is 1. The van der Waals surface area contributed by atoms with Crippen molar-refractivity contribution in [1.82, 2.24) is 4.98 Å². The Labute approximate surface area is 114 Å². The van der Waals surface area contributed by atoms with Crippen LogP contribution in [-0.4, -0.2) is 10.9 Å². The van der Waals surface area contributed by atoms with Gasteiger partial charge in [-0.25, -0.2) is 4.98 Å². The number of hydrogen-bond acceptors (Lipinski definition) is 2. The zero-order chi connectivity index (χ0) is 13.0. The highest BCUT2D eigenvalue weighted by molar-refractivity contribution is 9.10. The lowest BCUT2D eigenvalue weighted by Crippen LogP contribution is -2.19. The SMILES string of the molecule is CC(C(=O)Nc1cccc(Br)n1)c1ccccc1. The largest absolute Gasteiger partial charge is 0.310 e. The Morgan fingerprint density at radius 2 is 1.89 bits per heavy atom. The second kappa shape index (κ2) is 5.78. The van der Waals surface area contributed by atoms with E-state index in [0.29, 0.717) is 10.4 Å². The number of hydrogen-bond donors (Lipinski definition) is 1. The molecule has 3 nitrogen and oxygen atoms in total. The Balaban J connectivity index is 2.09. The van der Waals surface area contributed by atoms with Crippen molar-refractivity contribution in [1.29, 1.82) is 0 Å². The molecule has 0 saturated heterocycles. The minimum Gasteiger partial charge on any atom is -0.310 e. The minimum absolute atomic E-state index is 0.0631. The summed E-state index contributed by atoms with van der Waals surface area (Å²) in [7, 11) is 0. The van der Waals surface area contributed by atoms with Crippen molar-refractivity contribution >= 4 is 27.7 Å². The van der Waals surface area contributed by atoms with Gasteiger partial charge in [0.2, 0.25) is 5.91 Å². The van der Waals surface area contributed by atoms with Crippen molar-refractivity contribution in [3.05, 3.63) is 58.7 Å². The molecule has 1 heterocycles. The Kier molecular flexibility index (Phi) is 4.10. The molecule has 0 spiro atoms. The molecular formula is C14H13BrN2O. The Hall–Kier alpha value is -1.68. The summed E-state index contributed by atoms with van der Waals surface area (Å²) in [6.45, 7) is 1.88. The van der Waals surface area contributed by atoms with Crippen LogP contribution in [0, 0.1) is 0 Å². The summed E-state index contributed by atoms with van der Waals surface area (Å²) in [5.41, 5.74) is 0.991. The molecule has 1 N–H and O–H groups in total. The topological polar surface area (TPSA) is 42.0 Å². The minimum atomic E-state index is -0.202. The highest BCUT2D eigenvalue weighted by Gasteiger charge is 2.15. The molecular weight excluding hydrogens is 292 g/mol. The molecule has 0 bridgehead atoms. The van der Waals surface area contributed by atoms with Gasteiger partial charge in [0.05, 0.1) is 5.92 Å². The maximum Gasteiger partial charge on any atom is 0.232 e. The molecule has 4 heteroatoms. The van der Waals surface area contributed by atoms with Crippen LogP contribution in [-0.2, 0) is 4.79 Å². The summed E-state index contributed by atoms with van der Waals surface area (Å²) in [5.74, 6) is 0.288. The van der Waals surface area contributed by atoms with Crippen LogP contribution >= 0.6 is 15.9 Å². The van der Waals surface area contributed by atoms with E-state index in [1.807, 2.05) is 49.4 Å². The number of nitrogens with zero attached hydrogens (tertiary/aromatic N) is 1. The maximum absolute atomic E-state index is 12.1. The van der Waals surface area contributed by atoms with Crippen molar-refractivity contribution in [2.75, 3.05) is 5.32 Å². The zero-order valence-corrected chi connectivity index (χ0v) is 11.5.